The molecule has 4 aromatic rings. The number of ether oxygens (including phenoxy) is 1. The zero-order chi connectivity index (χ0) is 29.8. The third-order valence-electron chi connectivity index (χ3n) is 7.70. The number of carbonyl (C=O) groups is 3. The number of halogens is 2. The van der Waals surface area contributed by atoms with Gasteiger partial charge in [0.2, 0.25) is 5.91 Å². The fourth-order valence-electron chi connectivity index (χ4n) is 5.63. The zero-order valence-electron chi connectivity index (χ0n) is 23.0. The molecule has 4 atom stereocenters. The van der Waals surface area contributed by atoms with Crippen molar-refractivity contribution >= 4 is 29.2 Å². The van der Waals surface area contributed by atoms with Gasteiger partial charge in [0.15, 0.2) is 5.78 Å². The summed E-state index contributed by atoms with van der Waals surface area (Å²) >= 11 is 6.47. The van der Waals surface area contributed by atoms with Crippen LogP contribution in [0, 0.1) is 17.7 Å². The van der Waals surface area contributed by atoms with Crippen molar-refractivity contribution in [2.75, 3.05) is 7.11 Å². The van der Waals surface area contributed by atoms with Crippen molar-refractivity contribution in [3.63, 3.8) is 0 Å². The summed E-state index contributed by atoms with van der Waals surface area (Å²) in [4.78, 5) is 48.0. The molecule has 1 aliphatic heterocycles. The van der Waals surface area contributed by atoms with Crippen LogP contribution in [0.4, 0.5) is 4.39 Å². The van der Waals surface area contributed by atoms with E-state index in [0.717, 1.165) is 0 Å². The highest BCUT2D eigenvalue weighted by molar-refractivity contribution is 6.34. The number of pyridine rings is 1. The molecule has 0 bridgehead atoms. The molecule has 1 aliphatic rings. The third kappa shape index (κ3) is 5.76. The predicted octanol–water partition coefficient (Wildman–Crippen LogP) is 5.90. The van der Waals surface area contributed by atoms with Gasteiger partial charge in [0.25, 0.3) is 5.91 Å². The summed E-state index contributed by atoms with van der Waals surface area (Å²) in [5.41, 5.74) is 1.95. The van der Waals surface area contributed by atoms with E-state index in [0.29, 0.717) is 22.4 Å². The summed E-state index contributed by atoms with van der Waals surface area (Å²) in [6.45, 7) is 1.92. The molecule has 214 valence electrons. The Morgan fingerprint density at radius 3 is 2.33 bits per heavy atom. The molecule has 0 radical (unpaired) electrons. The summed E-state index contributed by atoms with van der Waals surface area (Å²) in [6.07, 6.45) is 3.00. The molecule has 5 rings (SSSR count). The van der Waals surface area contributed by atoms with Crippen LogP contribution in [0.5, 0.6) is 5.75 Å². The summed E-state index contributed by atoms with van der Waals surface area (Å²) in [7, 11) is 1.55. The second-order valence-corrected chi connectivity index (χ2v) is 10.6. The van der Waals surface area contributed by atoms with E-state index in [1.54, 1.807) is 93.0 Å². The highest BCUT2D eigenvalue weighted by Gasteiger charge is 2.55. The summed E-state index contributed by atoms with van der Waals surface area (Å²) in [5.74, 6) is -2.32. The van der Waals surface area contributed by atoms with Gasteiger partial charge in [-0.2, -0.15) is 0 Å². The van der Waals surface area contributed by atoms with Crippen LogP contribution in [0.3, 0.4) is 0 Å². The number of methoxy groups -OCH3 is 1. The fraction of sp³-hybridized carbons (Fsp3) is 0.212. The fourth-order valence-corrected chi connectivity index (χ4v) is 5.86. The van der Waals surface area contributed by atoms with E-state index in [1.165, 1.54) is 23.2 Å². The number of likely N-dealkylation sites (tertiary alicyclic amines) is 1. The number of nitrogens with zero attached hydrogens (tertiary/aromatic N) is 2. The number of ketones is 1. The molecule has 0 saturated carbocycles. The van der Waals surface area contributed by atoms with Crippen LogP contribution in [0.2, 0.25) is 5.02 Å². The zero-order valence-corrected chi connectivity index (χ0v) is 23.8. The quantitative estimate of drug-likeness (QED) is 0.260. The Morgan fingerprint density at radius 1 is 0.976 bits per heavy atom. The van der Waals surface area contributed by atoms with Crippen molar-refractivity contribution in [2.24, 2.45) is 11.8 Å². The van der Waals surface area contributed by atoms with Gasteiger partial charge in [-0.3, -0.25) is 19.4 Å². The van der Waals surface area contributed by atoms with Crippen LogP contribution in [0.15, 0.2) is 97.3 Å². The summed E-state index contributed by atoms with van der Waals surface area (Å²) in [5, 5.41) is 3.19. The maximum atomic E-state index is 14.2. The molecular weight excluding hydrogens is 557 g/mol. The van der Waals surface area contributed by atoms with Gasteiger partial charge in [-0.15, -0.1) is 0 Å². The average molecular weight is 586 g/mol. The molecule has 9 heteroatoms. The van der Waals surface area contributed by atoms with Crippen molar-refractivity contribution < 1.29 is 23.5 Å². The lowest BCUT2D eigenvalue weighted by Gasteiger charge is -2.31. The summed E-state index contributed by atoms with van der Waals surface area (Å²) < 4.78 is 18.8. The maximum absolute atomic E-state index is 14.2. The maximum Gasteiger partial charge on any atom is 0.256 e. The van der Waals surface area contributed by atoms with Crippen molar-refractivity contribution in [3.05, 3.63) is 130 Å². The van der Waals surface area contributed by atoms with Crippen LogP contribution >= 0.6 is 11.6 Å². The minimum absolute atomic E-state index is 0.119. The Labute approximate surface area is 248 Å². The first-order valence-corrected chi connectivity index (χ1v) is 13.9. The Kier molecular flexibility index (Phi) is 8.64. The van der Waals surface area contributed by atoms with Gasteiger partial charge in [-0.05, 0) is 65.6 Å². The van der Waals surface area contributed by atoms with Crippen molar-refractivity contribution in [1.82, 2.24) is 15.2 Å². The molecular formula is C33H29ClFN3O4. The Bertz CT molecular complexity index is 1580. The van der Waals surface area contributed by atoms with Gasteiger partial charge < -0.3 is 15.0 Å². The molecule has 2 amide bonds. The second-order valence-electron chi connectivity index (χ2n) is 10.2. The van der Waals surface area contributed by atoms with E-state index < -0.39 is 35.7 Å². The molecule has 2 heterocycles. The van der Waals surface area contributed by atoms with Crippen LogP contribution in [-0.4, -0.2) is 40.6 Å². The molecule has 3 aromatic carbocycles. The first kappa shape index (κ1) is 29.0. The first-order chi connectivity index (χ1) is 20.3. The predicted molar refractivity (Wildman–Crippen MR) is 157 cm³/mol. The second kappa shape index (κ2) is 12.5. The number of Topliss-reactive ketones (excluding diaryl/α,β-unsaturated/α-hetero) is 1. The van der Waals surface area contributed by atoms with E-state index in [2.05, 4.69) is 10.3 Å². The van der Waals surface area contributed by atoms with E-state index in [4.69, 9.17) is 16.3 Å². The van der Waals surface area contributed by atoms with Gasteiger partial charge in [0, 0.05) is 24.5 Å². The SMILES string of the molecule is COc1ccc(C2C(C(=O)c3ccccc3Cl)C(C)C(C(=O)NCc3ccc(F)cc3)N2C(=O)c2cccnc2)cc1. The van der Waals surface area contributed by atoms with Gasteiger partial charge in [0.05, 0.1) is 29.7 Å². The number of hydrogen-bond donors (Lipinski definition) is 1. The summed E-state index contributed by atoms with van der Waals surface area (Å²) in [6, 6.07) is 21.1. The number of rotatable bonds is 8. The molecule has 7 nitrogen and oxygen atoms in total. The molecule has 1 saturated heterocycles. The number of aromatic nitrogens is 1. The largest absolute Gasteiger partial charge is 0.497 e. The molecule has 1 aromatic heterocycles. The van der Waals surface area contributed by atoms with Gasteiger partial charge in [-0.25, -0.2) is 4.39 Å². The van der Waals surface area contributed by atoms with Crippen LogP contribution in [0.25, 0.3) is 0 Å². The van der Waals surface area contributed by atoms with Gasteiger partial charge in [0.1, 0.15) is 17.6 Å². The van der Waals surface area contributed by atoms with Crippen LogP contribution < -0.4 is 10.1 Å². The smallest absolute Gasteiger partial charge is 0.256 e. The Morgan fingerprint density at radius 2 is 1.69 bits per heavy atom. The van der Waals surface area contributed by atoms with E-state index in [9.17, 15) is 18.8 Å². The van der Waals surface area contributed by atoms with Crippen molar-refractivity contribution in [1.29, 1.82) is 0 Å². The number of hydrogen-bond acceptors (Lipinski definition) is 5. The normalized spacial score (nSPS) is 19.8. The number of amides is 2. The standard InChI is InChI=1S/C33H29ClFN3O4/c1-20-28(31(39)26-7-3-4-8-27(26)34)30(22-11-15-25(42-2)16-12-22)38(33(41)23-6-5-17-36-19-23)29(20)32(40)37-18-21-9-13-24(35)14-10-21/h3-17,19-20,28-30H,18H2,1-2H3,(H,37,40). The highest BCUT2D eigenvalue weighted by atomic mass is 35.5. The van der Waals surface area contributed by atoms with E-state index in [-0.39, 0.29) is 28.7 Å². The average Bonchev–Trinajstić information content (AvgIpc) is 3.33. The van der Waals surface area contributed by atoms with E-state index >= 15 is 0 Å². The molecule has 1 N–H and O–H groups in total. The lowest BCUT2D eigenvalue weighted by molar-refractivity contribution is -0.126. The van der Waals surface area contributed by atoms with Crippen LogP contribution in [-0.2, 0) is 11.3 Å². The van der Waals surface area contributed by atoms with Gasteiger partial charge in [-0.1, -0.05) is 54.9 Å². The van der Waals surface area contributed by atoms with E-state index in [1.807, 2.05) is 0 Å². The van der Waals surface area contributed by atoms with Crippen LogP contribution in [0.1, 0.15) is 44.8 Å². The molecule has 0 spiro atoms. The molecule has 0 aliphatic carbocycles. The molecule has 4 unspecified atom stereocenters. The monoisotopic (exact) mass is 585 g/mol. The first-order valence-electron chi connectivity index (χ1n) is 13.5. The Balaban J connectivity index is 1.61. The van der Waals surface area contributed by atoms with Gasteiger partial charge >= 0.3 is 0 Å². The lowest BCUT2D eigenvalue weighted by atomic mass is 9.80. The molecule has 42 heavy (non-hydrogen) atoms. The number of nitrogens with one attached hydrogen (secondary N) is 1. The van der Waals surface area contributed by atoms with Crippen molar-refractivity contribution in [3.8, 4) is 5.75 Å². The topological polar surface area (TPSA) is 88.6 Å². The lowest BCUT2D eigenvalue weighted by Crippen LogP contribution is -2.48. The third-order valence-corrected chi connectivity index (χ3v) is 8.02. The minimum Gasteiger partial charge on any atom is -0.497 e. The van der Waals surface area contributed by atoms with Crippen molar-refractivity contribution in [2.45, 2.75) is 25.6 Å². The number of carbonyl (C=O) groups excluding carboxylic acids is 3. The molecule has 1 fully saturated rings. The minimum atomic E-state index is -1.01. The Hall–Kier alpha value is -4.56. The highest BCUT2D eigenvalue weighted by Crippen LogP contribution is 2.48. The number of benzene rings is 3.